The number of carbonyl (C=O) groups is 1. The molecule has 0 aliphatic heterocycles. The molecule has 1 atom stereocenters. The third-order valence-corrected chi connectivity index (χ3v) is 2.37. The number of rotatable bonds is 6. The van der Waals surface area contributed by atoms with Gasteiger partial charge in [0.25, 0.3) is 0 Å². The van der Waals surface area contributed by atoms with Crippen molar-refractivity contribution in [1.82, 2.24) is 0 Å². The van der Waals surface area contributed by atoms with Crippen molar-refractivity contribution in [2.24, 2.45) is 0 Å². The van der Waals surface area contributed by atoms with Gasteiger partial charge in [-0.2, -0.15) is 0 Å². The minimum absolute atomic E-state index is 0.291. The molecule has 3 nitrogen and oxygen atoms in total. The molecule has 4 heteroatoms. The van der Waals surface area contributed by atoms with Crippen LogP contribution in [0, 0.1) is 0 Å². The van der Waals surface area contributed by atoms with Crippen LogP contribution in [-0.4, -0.2) is 29.2 Å². The molecule has 0 heterocycles. The van der Waals surface area contributed by atoms with Crippen molar-refractivity contribution in [3.05, 3.63) is 12.7 Å². The zero-order chi connectivity index (χ0) is 9.40. The zero-order valence-electron chi connectivity index (χ0n) is 7.71. The van der Waals surface area contributed by atoms with Gasteiger partial charge in [0.05, 0.1) is 6.61 Å². The molecule has 12 heavy (non-hydrogen) atoms. The van der Waals surface area contributed by atoms with Crippen LogP contribution in [0.3, 0.4) is 0 Å². The van der Waals surface area contributed by atoms with E-state index in [9.17, 15) is 4.79 Å². The molecule has 0 fully saturated rings. The highest BCUT2D eigenvalue weighted by Gasteiger charge is 1.99. The summed E-state index contributed by atoms with van der Waals surface area (Å²) in [5.41, 5.74) is 0. The standard InChI is InChI=1S/C8H16O3Si/c1-3-8(9)10-6-4-5-7(2)11-12/h3,7H,1,4-6H2,2,12H3. The average Bonchev–Trinajstić information content (AvgIpc) is 2.11. The molecule has 1 unspecified atom stereocenters. The number of hydrogen-bond donors (Lipinski definition) is 0. The minimum atomic E-state index is -0.352. The summed E-state index contributed by atoms with van der Waals surface area (Å²) in [6.07, 6.45) is 3.25. The highest BCUT2D eigenvalue weighted by Crippen LogP contribution is 1.99. The largest absolute Gasteiger partial charge is 0.463 e. The fraction of sp³-hybridized carbons (Fsp3) is 0.625. The Balaban J connectivity index is 3.21. The highest BCUT2D eigenvalue weighted by atomic mass is 28.2. The second kappa shape index (κ2) is 7.06. The Labute approximate surface area is 76.3 Å². The van der Waals surface area contributed by atoms with E-state index >= 15 is 0 Å². The average molecular weight is 188 g/mol. The summed E-state index contributed by atoms with van der Waals surface area (Å²) < 4.78 is 9.95. The van der Waals surface area contributed by atoms with Gasteiger partial charge in [-0.3, -0.25) is 0 Å². The van der Waals surface area contributed by atoms with Gasteiger partial charge in [0, 0.05) is 12.2 Å². The van der Waals surface area contributed by atoms with Crippen molar-refractivity contribution < 1.29 is 14.0 Å². The second-order valence-electron chi connectivity index (χ2n) is 2.56. The first kappa shape index (κ1) is 11.4. The monoisotopic (exact) mass is 188 g/mol. The van der Waals surface area contributed by atoms with Gasteiger partial charge in [0.2, 0.25) is 0 Å². The summed E-state index contributed by atoms with van der Waals surface area (Å²) in [6.45, 7) is 5.77. The van der Waals surface area contributed by atoms with E-state index < -0.39 is 0 Å². The molecule has 70 valence electrons. The third-order valence-electron chi connectivity index (χ3n) is 1.57. The molecule has 0 saturated carbocycles. The van der Waals surface area contributed by atoms with Crippen LogP contribution in [0.5, 0.6) is 0 Å². The summed E-state index contributed by atoms with van der Waals surface area (Å²) in [5.74, 6) is -0.352. The van der Waals surface area contributed by atoms with Crippen LogP contribution >= 0.6 is 0 Å². The maximum absolute atomic E-state index is 10.6. The molecular weight excluding hydrogens is 172 g/mol. The summed E-state index contributed by atoms with van der Waals surface area (Å²) in [4.78, 5) is 10.6. The van der Waals surface area contributed by atoms with E-state index in [1.807, 2.05) is 6.92 Å². The molecule has 0 saturated heterocycles. The van der Waals surface area contributed by atoms with Crippen molar-refractivity contribution in [1.29, 1.82) is 0 Å². The Morgan fingerprint density at radius 2 is 2.42 bits per heavy atom. The van der Waals surface area contributed by atoms with E-state index in [1.165, 1.54) is 6.08 Å². The summed E-state index contributed by atoms with van der Waals surface area (Å²) in [6, 6.07) is 0. The molecule has 0 aliphatic carbocycles. The molecule has 0 radical (unpaired) electrons. The Hall–Kier alpha value is -0.613. The Bertz CT molecular complexity index is 147. The van der Waals surface area contributed by atoms with Crippen LogP contribution in [0.4, 0.5) is 0 Å². The number of carbonyl (C=O) groups excluding carboxylic acids is 1. The Kier molecular flexibility index (Phi) is 6.70. The summed E-state index contributed by atoms with van der Waals surface area (Å²) >= 11 is 0. The first-order valence-electron chi connectivity index (χ1n) is 4.02. The van der Waals surface area contributed by atoms with Crippen molar-refractivity contribution in [2.75, 3.05) is 6.61 Å². The topological polar surface area (TPSA) is 35.5 Å². The van der Waals surface area contributed by atoms with Gasteiger partial charge < -0.3 is 9.16 Å². The Morgan fingerprint density at radius 1 is 1.75 bits per heavy atom. The van der Waals surface area contributed by atoms with Crippen LogP contribution in [0.25, 0.3) is 0 Å². The molecule has 0 aromatic rings. The SMILES string of the molecule is C=CC(=O)OCCCC(C)O[SiH3]. The van der Waals surface area contributed by atoms with Gasteiger partial charge in [0.1, 0.15) is 10.5 Å². The van der Waals surface area contributed by atoms with Crippen LogP contribution in [0.1, 0.15) is 19.8 Å². The first-order chi connectivity index (χ1) is 5.70. The molecular formula is C8H16O3Si. The van der Waals surface area contributed by atoms with Gasteiger partial charge >= 0.3 is 5.97 Å². The number of esters is 1. The second-order valence-corrected chi connectivity index (χ2v) is 3.03. The number of hydrogen-bond acceptors (Lipinski definition) is 3. The van der Waals surface area contributed by atoms with Crippen molar-refractivity contribution in [3.63, 3.8) is 0 Å². The Morgan fingerprint density at radius 3 is 2.92 bits per heavy atom. The van der Waals surface area contributed by atoms with Gasteiger partial charge in [-0.05, 0) is 19.8 Å². The van der Waals surface area contributed by atoms with Crippen molar-refractivity contribution >= 4 is 16.5 Å². The van der Waals surface area contributed by atoms with Crippen molar-refractivity contribution in [2.45, 2.75) is 25.9 Å². The molecule has 0 spiro atoms. The van der Waals surface area contributed by atoms with Gasteiger partial charge in [0.15, 0.2) is 0 Å². The van der Waals surface area contributed by atoms with Crippen LogP contribution in [0.2, 0.25) is 0 Å². The van der Waals surface area contributed by atoms with E-state index in [0.29, 0.717) is 12.7 Å². The molecule has 0 aromatic heterocycles. The normalized spacial score (nSPS) is 12.4. The fourth-order valence-electron chi connectivity index (χ4n) is 0.720. The smallest absolute Gasteiger partial charge is 0.330 e. The van der Waals surface area contributed by atoms with Crippen molar-refractivity contribution in [3.8, 4) is 0 Å². The van der Waals surface area contributed by atoms with E-state index in [2.05, 4.69) is 6.58 Å². The lowest BCUT2D eigenvalue weighted by Gasteiger charge is -2.08. The van der Waals surface area contributed by atoms with E-state index in [4.69, 9.17) is 9.16 Å². The lowest BCUT2D eigenvalue weighted by atomic mass is 10.2. The summed E-state index contributed by atoms with van der Waals surface area (Å²) in [5, 5.41) is 0. The lowest BCUT2D eigenvalue weighted by Crippen LogP contribution is -2.08. The minimum Gasteiger partial charge on any atom is -0.463 e. The van der Waals surface area contributed by atoms with Gasteiger partial charge in [-0.25, -0.2) is 4.79 Å². The fourth-order valence-corrected chi connectivity index (χ4v) is 0.956. The van der Waals surface area contributed by atoms with E-state index in [1.54, 1.807) is 0 Å². The molecule has 0 amide bonds. The predicted molar refractivity (Wildman–Crippen MR) is 50.9 cm³/mol. The first-order valence-corrected chi connectivity index (χ1v) is 4.84. The summed E-state index contributed by atoms with van der Waals surface area (Å²) in [7, 11) is 0.765. The quantitative estimate of drug-likeness (QED) is 0.258. The van der Waals surface area contributed by atoms with E-state index in [0.717, 1.165) is 23.3 Å². The maximum Gasteiger partial charge on any atom is 0.330 e. The molecule has 0 aromatic carbocycles. The van der Waals surface area contributed by atoms with E-state index in [-0.39, 0.29) is 5.97 Å². The number of ether oxygens (including phenoxy) is 1. The zero-order valence-corrected chi connectivity index (χ0v) is 9.71. The molecule has 0 aliphatic rings. The predicted octanol–water partition coefficient (Wildman–Crippen LogP) is 0.181. The molecule has 0 bridgehead atoms. The molecule has 0 rings (SSSR count). The van der Waals surface area contributed by atoms with Crippen LogP contribution in [0.15, 0.2) is 12.7 Å². The third kappa shape index (κ3) is 6.12. The lowest BCUT2D eigenvalue weighted by molar-refractivity contribution is -0.137. The van der Waals surface area contributed by atoms with Gasteiger partial charge in [-0.15, -0.1) is 0 Å². The molecule has 0 N–H and O–H groups in total. The maximum atomic E-state index is 10.6. The van der Waals surface area contributed by atoms with Gasteiger partial charge in [-0.1, -0.05) is 6.58 Å². The van der Waals surface area contributed by atoms with Crippen LogP contribution < -0.4 is 0 Å². The highest BCUT2D eigenvalue weighted by molar-refractivity contribution is 5.98. The van der Waals surface area contributed by atoms with Crippen LogP contribution in [-0.2, 0) is 14.0 Å².